The van der Waals surface area contributed by atoms with Crippen LogP contribution in [0.5, 0.6) is 5.75 Å². The summed E-state index contributed by atoms with van der Waals surface area (Å²) >= 11 is 0. The highest BCUT2D eigenvalue weighted by Gasteiger charge is 2.11. The zero-order valence-electron chi connectivity index (χ0n) is 13.3. The smallest absolute Gasteiger partial charge is 0.275 e. The molecule has 2 aromatic carbocycles. The number of hydrogen-bond acceptors (Lipinski definition) is 3. The molecule has 0 aliphatic heterocycles. The SMILES string of the molecule is COc1ccccc1C(=O)NN=C(C)c1ccc(C)cc1C. The number of carbonyl (C=O) groups is 1. The van der Waals surface area contributed by atoms with Crippen molar-refractivity contribution < 1.29 is 9.53 Å². The Balaban J connectivity index is 2.18. The van der Waals surface area contributed by atoms with Crippen LogP contribution in [0.4, 0.5) is 0 Å². The Hall–Kier alpha value is -2.62. The number of hydrogen-bond donors (Lipinski definition) is 1. The van der Waals surface area contributed by atoms with Gasteiger partial charge in [0.2, 0.25) is 0 Å². The third kappa shape index (κ3) is 3.52. The molecule has 2 rings (SSSR count). The van der Waals surface area contributed by atoms with Gasteiger partial charge in [0.1, 0.15) is 5.75 Å². The van der Waals surface area contributed by atoms with E-state index in [1.807, 2.05) is 39.0 Å². The third-order valence-corrected chi connectivity index (χ3v) is 3.45. The van der Waals surface area contributed by atoms with Crippen molar-refractivity contribution in [2.45, 2.75) is 20.8 Å². The lowest BCUT2D eigenvalue weighted by Crippen LogP contribution is -2.20. The molecule has 2 aromatic rings. The van der Waals surface area contributed by atoms with Crippen LogP contribution in [0.3, 0.4) is 0 Å². The maximum Gasteiger partial charge on any atom is 0.275 e. The van der Waals surface area contributed by atoms with Gasteiger partial charge in [-0.25, -0.2) is 5.43 Å². The summed E-state index contributed by atoms with van der Waals surface area (Å²) in [5.41, 5.74) is 7.16. The average Bonchev–Trinajstić information content (AvgIpc) is 2.52. The Bertz CT molecular complexity index is 721. The summed E-state index contributed by atoms with van der Waals surface area (Å²) in [6.45, 7) is 5.95. The second-order valence-electron chi connectivity index (χ2n) is 5.16. The van der Waals surface area contributed by atoms with Crippen molar-refractivity contribution in [3.63, 3.8) is 0 Å². The maximum atomic E-state index is 12.2. The van der Waals surface area contributed by atoms with Crippen LogP contribution < -0.4 is 10.2 Å². The summed E-state index contributed by atoms with van der Waals surface area (Å²) in [5.74, 6) is 0.237. The lowest BCUT2D eigenvalue weighted by Gasteiger charge is -2.08. The predicted octanol–water partition coefficient (Wildman–Crippen LogP) is 3.47. The molecule has 1 amide bonds. The van der Waals surface area contributed by atoms with E-state index in [9.17, 15) is 4.79 Å². The minimum atomic E-state index is -0.290. The number of ether oxygens (including phenoxy) is 1. The Kier molecular flexibility index (Phi) is 4.94. The highest BCUT2D eigenvalue weighted by atomic mass is 16.5. The highest BCUT2D eigenvalue weighted by Crippen LogP contribution is 2.17. The molecule has 0 aliphatic carbocycles. The lowest BCUT2D eigenvalue weighted by molar-refractivity contribution is 0.0952. The van der Waals surface area contributed by atoms with Crippen LogP contribution >= 0.6 is 0 Å². The normalized spacial score (nSPS) is 11.2. The maximum absolute atomic E-state index is 12.2. The van der Waals surface area contributed by atoms with Crippen molar-refractivity contribution in [3.05, 3.63) is 64.7 Å². The molecule has 0 radical (unpaired) electrons. The molecule has 0 fully saturated rings. The first-order chi connectivity index (χ1) is 10.5. The molecule has 1 N–H and O–H groups in total. The van der Waals surface area contributed by atoms with E-state index in [-0.39, 0.29) is 5.91 Å². The van der Waals surface area contributed by atoms with Crippen LogP contribution in [-0.4, -0.2) is 18.7 Å². The molecule has 22 heavy (non-hydrogen) atoms. The fourth-order valence-electron chi connectivity index (χ4n) is 2.31. The number of aryl methyl sites for hydroxylation is 2. The molecule has 0 saturated heterocycles. The zero-order chi connectivity index (χ0) is 16.1. The van der Waals surface area contributed by atoms with Gasteiger partial charge in [-0.2, -0.15) is 5.10 Å². The van der Waals surface area contributed by atoms with Crippen LogP contribution in [0.25, 0.3) is 0 Å². The van der Waals surface area contributed by atoms with E-state index in [4.69, 9.17) is 4.74 Å². The van der Waals surface area contributed by atoms with Crippen LogP contribution in [0, 0.1) is 13.8 Å². The fourth-order valence-corrected chi connectivity index (χ4v) is 2.31. The number of para-hydroxylation sites is 1. The number of carbonyl (C=O) groups excluding carboxylic acids is 1. The van der Waals surface area contributed by atoms with Gasteiger partial charge < -0.3 is 4.74 Å². The first kappa shape index (κ1) is 15.8. The van der Waals surface area contributed by atoms with E-state index in [1.165, 1.54) is 12.7 Å². The van der Waals surface area contributed by atoms with Crippen molar-refractivity contribution in [2.24, 2.45) is 5.10 Å². The van der Waals surface area contributed by atoms with Gasteiger partial charge in [0.05, 0.1) is 18.4 Å². The summed E-state index contributed by atoms with van der Waals surface area (Å²) < 4.78 is 5.18. The van der Waals surface area contributed by atoms with E-state index in [1.54, 1.807) is 18.2 Å². The molecule has 0 aliphatic rings. The predicted molar refractivity (Wildman–Crippen MR) is 88.6 cm³/mol. The number of amides is 1. The van der Waals surface area contributed by atoms with Crippen molar-refractivity contribution in [1.29, 1.82) is 0 Å². The largest absolute Gasteiger partial charge is 0.496 e. The highest BCUT2D eigenvalue weighted by molar-refractivity contribution is 6.02. The standard InChI is InChI=1S/C18H20N2O2/c1-12-9-10-15(13(2)11-12)14(3)19-20-18(21)16-7-5-6-8-17(16)22-4/h5-11H,1-4H3,(H,20,21). The van der Waals surface area contributed by atoms with E-state index in [2.05, 4.69) is 16.6 Å². The molecule has 0 heterocycles. The topological polar surface area (TPSA) is 50.7 Å². The van der Waals surface area contributed by atoms with Crippen molar-refractivity contribution in [1.82, 2.24) is 5.43 Å². The first-order valence-electron chi connectivity index (χ1n) is 7.08. The molecule has 114 valence electrons. The van der Waals surface area contributed by atoms with E-state index >= 15 is 0 Å². The molecule has 0 atom stereocenters. The quantitative estimate of drug-likeness (QED) is 0.694. The lowest BCUT2D eigenvalue weighted by atomic mass is 10.0. The van der Waals surface area contributed by atoms with Crippen molar-refractivity contribution in [3.8, 4) is 5.75 Å². The minimum Gasteiger partial charge on any atom is -0.496 e. The average molecular weight is 296 g/mol. The van der Waals surface area contributed by atoms with E-state index in [0.29, 0.717) is 11.3 Å². The molecule has 0 saturated carbocycles. The number of nitrogens with zero attached hydrogens (tertiary/aromatic N) is 1. The van der Waals surface area contributed by atoms with Crippen LogP contribution in [0.2, 0.25) is 0 Å². The number of hydrazone groups is 1. The van der Waals surface area contributed by atoms with Crippen LogP contribution in [0.1, 0.15) is 34.0 Å². The Morgan fingerprint density at radius 1 is 1.09 bits per heavy atom. The van der Waals surface area contributed by atoms with E-state index in [0.717, 1.165) is 16.8 Å². The summed E-state index contributed by atoms with van der Waals surface area (Å²) in [6, 6.07) is 13.2. The van der Waals surface area contributed by atoms with Gasteiger partial charge in [-0.1, -0.05) is 35.9 Å². The van der Waals surface area contributed by atoms with Gasteiger partial charge >= 0.3 is 0 Å². The molecule has 0 bridgehead atoms. The van der Waals surface area contributed by atoms with Gasteiger partial charge in [0, 0.05) is 5.56 Å². The van der Waals surface area contributed by atoms with Gasteiger partial charge in [0.15, 0.2) is 0 Å². The Morgan fingerprint density at radius 3 is 2.50 bits per heavy atom. The second-order valence-corrected chi connectivity index (χ2v) is 5.16. The number of benzene rings is 2. The molecule has 0 spiro atoms. The van der Waals surface area contributed by atoms with Gasteiger partial charge in [-0.15, -0.1) is 0 Å². The summed E-state index contributed by atoms with van der Waals surface area (Å²) in [4.78, 5) is 12.2. The zero-order valence-corrected chi connectivity index (χ0v) is 13.3. The number of rotatable bonds is 4. The summed E-state index contributed by atoms with van der Waals surface area (Å²) in [5, 5.41) is 4.20. The molecule has 4 heteroatoms. The van der Waals surface area contributed by atoms with Gasteiger partial charge in [-0.05, 0) is 38.5 Å². The van der Waals surface area contributed by atoms with Gasteiger partial charge in [-0.3, -0.25) is 4.79 Å². The number of nitrogens with one attached hydrogen (secondary N) is 1. The van der Waals surface area contributed by atoms with Crippen LogP contribution in [0.15, 0.2) is 47.6 Å². The molecule has 0 unspecified atom stereocenters. The minimum absolute atomic E-state index is 0.290. The summed E-state index contributed by atoms with van der Waals surface area (Å²) in [7, 11) is 1.54. The fraction of sp³-hybridized carbons (Fsp3) is 0.222. The molecule has 4 nitrogen and oxygen atoms in total. The molecule has 0 aromatic heterocycles. The monoisotopic (exact) mass is 296 g/mol. The second kappa shape index (κ2) is 6.89. The third-order valence-electron chi connectivity index (χ3n) is 3.45. The van der Waals surface area contributed by atoms with Crippen molar-refractivity contribution >= 4 is 11.6 Å². The Morgan fingerprint density at radius 2 is 1.82 bits per heavy atom. The van der Waals surface area contributed by atoms with Gasteiger partial charge in [0.25, 0.3) is 5.91 Å². The molecular formula is C18H20N2O2. The molecular weight excluding hydrogens is 276 g/mol. The van der Waals surface area contributed by atoms with Crippen LogP contribution in [-0.2, 0) is 0 Å². The van der Waals surface area contributed by atoms with Crippen molar-refractivity contribution in [2.75, 3.05) is 7.11 Å². The first-order valence-corrected chi connectivity index (χ1v) is 7.08. The Labute approximate surface area is 130 Å². The number of methoxy groups -OCH3 is 1. The summed E-state index contributed by atoms with van der Waals surface area (Å²) in [6.07, 6.45) is 0. The van der Waals surface area contributed by atoms with E-state index < -0.39 is 0 Å².